The Kier molecular flexibility index (Phi) is 35.1. The van der Waals surface area contributed by atoms with Crippen molar-refractivity contribution in [1.82, 2.24) is 35.2 Å². The Morgan fingerprint density at radius 3 is 1.25 bits per heavy atom. The van der Waals surface area contributed by atoms with E-state index in [9.17, 15) is 14.4 Å². The van der Waals surface area contributed by atoms with Crippen molar-refractivity contribution in [3.63, 3.8) is 0 Å². The Morgan fingerprint density at radius 2 is 0.874 bits per heavy atom. The molecule has 0 fully saturated rings. The van der Waals surface area contributed by atoms with Gasteiger partial charge in [-0.3, -0.25) is 19.9 Å². The maximum Gasteiger partial charge on any atom is 0.373 e. The molecule has 6 aromatic heterocycles. The quantitative estimate of drug-likeness (QED) is 0.0447. The van der Waals surface area contributed by atoms with Gasteiger partial charge in [-0.2, -0.15) is 9.59 Å². The number of aromatic nitrogens is 6. The third-order valence-corrected chi connectivity index (χ3v) is 13.6. The SMILES string of the molecule is CC.CCNC(=O)Nc1cc(Nc2cccc(C)c2)c(C(=O)Nc2cccc(C)c2)cn1.Cc1cccc(NC(=O)c2cnc(N)cc2Nc2cccc(C)c2)c1.Nc1cc(Cl)c(I)cn1.Nc1cc(Cl)ccn1.Nc1cc(Cl)ccn1.O=C=O.[C-]#[N+]c1cnc(N)cc1Cl. The second kappa shape index (κ2) is 42.5. The number of nitrogens with one attached hydrogen (secondary N) is 6. The molecule has 0 saturated carbocycles. The third-order valence-electron chi connectivity index (χ3n) is 11.3. The van der Waals surface area contributed by atoms with Gasteiger partial charge in [-0.15, -0.1) is 0 Å². The minimum atomic E-state index is -0.358. The lowest BCUT2D eigenvalue weighted by molar-refractivity contribution is -0.191. The summed E-state index contributed by atoms with van der Waals surface area (Å²) in [5.41, 5.74) is 36.7. The van der Waals surface area contributed by atoms with Crippen molar-refractivity contribution in [1.29, 1.82) is 0 Å². The standard InChI is InChI=1S/C23H25N5O2.C20H20N4O.C6H4ClN3.C5H4ClIN2.2C5H5ClN2.C2H6.CO2/c1-4-24-23(30)28-21-13-20(26-17-9-5-7-15(2)11-17)19(14-25-21)22(29)27-18-10-6-8-16(3)12-18;1-13-5-3-7-15(9-13)23-18-11-19(21)22-12-17(18)20(25)24-16-8-4-6-14(2)10-16;1-9-5-3-10-6(8)2-4(5)7;6-3-1-5(8)9-2-4(3)7;2*6-4-1-2-8-5(7)3-4;1-2;2-1-3/h5-14H,4H2,1-3H3,(H,27,29)(H3,24,25,26,28,30);3-12H,1-2H3,(H,24,25)(H3,21,22,23);2-3H,(H2,8,10);1-2H,(H2,8,9);2*1-3H,(H2,7,8);1-2H3;. The van der Waals surface area contributed by atoms with Gasteiger partial charge in [0.05, 0.1) is 42.7 Å². The summed E-state index contributed by atoms with van der Waals surface area (Å²) < 4.78 is 0.920. The first-order valence-corrected chi connectivity index (χ1v) is 30.8. The molecule has 0 radical (unpaired) electrons. The van der Waals surface area contributed by atoms with Gasteiger partial charge in [-0.05, 0) is 164 Å². The molecule has 95 heavy (non-hydrogen) atoms. The summed E-state index contributed by atoms with van der Waals surface area (Å²) in [6, 6.07) is 43.5. The van der Waals surface area contributed by atoms with Crippen molar-refractivity contribution < 1.29 is 24.0 Å². The monoisotopic (exact) mass is 1470 g/mol. The van der Waals surface area contributed by atoms with Gasteiger partial charge in [-0.1, -0.05) is 109 Å². The van der Waals surface area contributed by atoms with Gasteiger partial charge in [0, 0.05) is 88.7 Å². The highest BCUT2D eigenvalue weighted by Crippen LogP contribution is 2.28. The number of urea groups is 1. The molecule has 0 unspecified atom stereocenters. The van der Waals surface area contributed by atoms with E-state index >= 15 is 0 Å². The van der Waals surface area contributed by atoms with E-state index in [0.717, 1.165) is 42.9 Å². The first kappa shape index (κ1) is 78.6. The number of amides is 4. The predicted molar refractivity (Wildman–Crippen MR) is 393 cm³/mol. The van der Waals surface area contributed by atoms with Crippen LogP contribution in [0.25, 0.3) is 4.85 Å². The highest BCUT2D eigenvalue weighted by molar-refractivity contribution is 14.1. The maximum absolute atomic E-state index is 12.9. The lowest BCUT2D eigenvalue weighted by Gasteiger charge is -2.15. The molecule has 10 rings (SSSR count). The number of nitrogens with zero attached hydrogens (tertiary/aromatic N) is 7. The summed E-state index contributed by atoms with van der Waals surface area (Å²) in [6.07, 6.45) is 9.31. The zero-order valence-electron chi connectivity index (χ0n) is 52.5. The van der Waals surface area contributed by atoms with Crippen molar-refractivity contribution >= 4 is 168 Å². The van der Waals surface area contributed by atoms with Crippen LogP contribution in [-0.2, 0) is 9.59 Å². The number of hydrogen-bond acceptors (Lipinski definition) is 18. The number of carbonyl (C=O) groups is 3. The molecule has 28 heteroatoms. The van der Waals surface area contributed by atoms with Crippen LogP contribution >= 0.6 is 69.0 Å². The summed E-state index contributed by atoms with van der Waals surface area (Å²) in [5, 5.41) is 19.9. The number of nitrogens with two attached hydrogens (primary N) is 5. The first-order valence-electron chi connectivity index (χ1n) is 28.2. The Morgan fingerprint density at radius 1 is 0.495 bits per heavy atom. The van der Waals surface area contributed by atoms with Crippen molar-refractivity contribution in [2.75, 3.05) is 61.8 Å². The molecule has 492 valence electrons. The van der Waals surface area contributed by atoms with Gasteiger partial charge in [0.1, 0.15) is 34.9 Å². The molecule has 0 aliphatic carbocycles. The molecule has 0 aliphatic rings. The van der Waals surface area contributed by atoms with Crippen LogP contribution in [0.1, 0.15) is 63.7 Å². The van der Waals surface area contributed by atoms with Gasteiger partial charge in [0.15, 0.2) is 0 Å². The summed E-state index contributed by atoms with van der Waals surface area (Å²) in [4.78, 5) is 80.1. The molecule has 6 heterocycles. The van der Waals surface area contributed by atoms with E-state index in [2.05, 4.69) is 89.2 Å². The molecule has 23 nitrogen and oxygen atoms in total. The lowest BCUT2D eigenvalue weighted by Crippen LogP contribution is -2.28. The van der Waals surface area contributed by atoms with E-state index in [0.29, 0.717) is 95.4 Å². The summed E-state index contributed by atoms with van der Waals surface area (Å²) in [7, 11) is 0. The van der Waals surface area contributed by atoms with Gasteiger partial charge < -0.3 is 55.3 Å². The fourth-order valence-corrected chi connectivity index (χ4v) is 8.27. The van der Waals surface area contributed by atoms with E-state index in [4.69, 9.17) is 91.2 Å². The van der Waals surface area contributed by atoms with Crippen LogP contribution < -0.4 is 60.6 Å². The Balaban J connectivity index is 0.000000319. The van der Waals surface area contributed by atoms with Crippen molar-refractivity contribution in [2.45, 2.75) is 48.5 Å². The highest BCUT2D eigenvalue weighted by Gasteiger charge is 2.17. The summed E-state index contributed by atoms with van der Waals surface area (Å²) >= 11 is 24.4. The number of pyridine rings is 6. The number of hydrogen-bond donors (Lipinski definition) is 11. The minimum Gasteiger partial charge on any atom is -0.384 e. The molecule has 0 aliphatic heterocycles. The van der Waals surface area contributed by atoms with Crippen LogP contribution in [0.4, 0.5) is 79.5 Å². The van der Waals surface area contributed by atoms with Crippen LogP contribution in [0.15, 0.2) is 183 Å². The van der Waals surface area contributed by atoms with Crippen molar-refractivity contribution in [3.05, 3.63) is 251 Å². The van der Waals surface area contributed by atoms with Crippen molar-refractivity contribution in [2.24, 2.45) is 0 Å². The zero-order chi connectivity index (χ0) is 70.4. The van der Waals surface area contributed by atoms with E-state index in [-0.39, 0.29) is 24.0 Å². The molecular formula is C67H69Cl4IN18O5. The van der Waals surface area contributed by atoms with E-state index < -0.39 is 0 Å². The van der Waals surface area contributed by atoms with Crippen LogP contribution in [-0.4, -0.2) is 60.4 Å². The Bertz CT molecular complexity index is 4140. The third kappa shape index (κ3) is 30.6. The van der Waals surface area contributed by atoms with Gasteiger partial charge >= 0.3 is 12.2 Å². The fourth-order valence-electron chi connectivity index (χ4n) is 7.28. The Labute approximate surface area is 584 Å². The van der Waals surface area contributed by atoms with E-state index in [1.54, 1.807) is 61.1 Å². The van der Waals surface area contributed by atoms with Crippen LogP contribution in [0.3, 0.4) is 0 Å². The second-order valence-corrected chi connectivity index (χ2v) is 21.8. The first-order chi connectivity index (χ1) is 45.4. The molecular weight excluding hydrogens is 1410 g/mol. The van der Waals surface area contributed by atoms with Crippen molar-refractivity contribution in [3.8, 4) is 0 Å². The molecule has 4 aromatic carbocycles. The van der Waals surface area contributed by atoms with Gasteiger partial charge in [0.2, 0.25) is 5.69 Å². The van der Waals surface area contributed by atoms with Crippen LogP contribution in [0.2, 0.25) is 20.1 Å². The number of halogens is 5. The van der Waals surface area contributed by atoms with Gasteiger partial charge in [-0.25, -0.2) is 34.6 Å². The molecule has 10 aromatic rings. The normalized spacial score (nSPS) is 9.46. The van der Waals surface area contributed by atoms with E-state index in [1.807, 2.05) is 146 Å². The summed E-state index contributed by atoms with van der Waals surface area (Å²) in [5.74, 6) is 1.85. The number of rotatable bonds is 10. The maximum atomic E-state index is 12.9. The smallest absolute Gasteiger partial charge is 0.373 e. The van der Waals surface area contributed by atoms with Crippen LogP contribution in [0.5, 0.6) is 0 Å². The molecule has 0 saturated heterocycles. The summed E-state index contributed by atoms with van der Waals surface area (Å²) in [6.45, 7) is 20.9. The molecule has 0 atom stereocenters. The van der Waals surface area contributed by atoms with Crippen LogP contribution in [0, 0.1) is 37.8 Å². The second-order valence-electron chi connectivity index (χ2n) is 19.0. The number of nitrogen functional groups attached to an aromatic ring is 5. The lowest BCUT2D eigenvalue weighted by atomic mass is 10.1. The topological polar surface area (TPSA) is 369 Å². The number of benzene rings is 4. The fraction of sp³-hybridized carbons (Fsp3) is 0.119. The number of aryl methyl sites for hydroxylation is 4. The largest absolute Gasteiger partial charge is 0.384 e. The minimum absolute atomic E-state index is 0.242. The average molecular weight is 1480 g/mol. The molecule has 0 spiro atoms. The Hall–Kier alpha value is -10.7. The molecule has 16 N–H and O–H groups in total. The number of carbonyl (C=O) groups excluding carboxylic acids is 5. The highest BCUT2D eigenvalue weighted by atomic mass is 127. The zero-order valence-corrected chi connectivity index (χ0v) is 57.7. The molecule has 0 bridgehead atoms. The van der Waals surface area contributed by atoms with Gasteiger partial charge in [0.25, 0.3) is 11.8 Å². The molecule has 4 amide bonds. The number of anilines is 12. The predicted octanol–water partition coefficient (Wildman–Crippen LogP) is 16.0. The van der Waals surface area contributed by atoms with E-state index in [1.165, 1.54) is 24.7 Å². The average Bonchev–Trinajstić information content (AvgIpc) is 0.903.